The molecule has 0 saturated heterocycles. The van der Waals surface area contributed by atoms with E-state index in [2.05, 4.69) is 119 Å². The lowest BCUT2D eigenvalue weighted by Gasteiger charge is -2.27. The molecule has 2 heterocycles. The van der Waals surface area contributed by atoms with Crippen LogP contribution in [-0.4, -0.2) is 23.4 Å². The van der Waals surface area contributed by atoms with Crippen LogP contribution in [0.4, 0.5) is 11.4 Å². The average Bonchev–Trinajstić information content (AvgIpc) is 3.20. The molecule has 0 atom stereocenters. The Bertz CT molecular complexity index is 1160. The zero-order chi connectivity index (χ0) is 25.2. The number of aryl methyl sites for hydroxylation is 1. The topological polar surface area (TPSA) is 6.25 Å². The number of unbranched alkanes of at least 4 members (excludes halogenated alkanes) is 2. The van der Waals surface area contributed by atoms with E-state index in [0.717, 1.165) is 19.5 Å². The second-order valence-electron chi connectivity index (χ2n) is 11.3. The zero-order valence-corrected chi connectivity index (χ0v) is 23.1. The average molecular weight is 470 g/mol. The summed E-state index contributed by atoms with van der Waals surface area (Å²) in [6.45, 7) is 18.5. The van der Waals surface area contributed by atoms with Gasteiger partial charge in [-0.05, 0) is 50.0 Å². The summed E-state index contributed by atoms with van der Waals surface area (Å²) in [4.78, 5) is 2.59. The van der Waals surface area contributed by atoms with Gasteiger partial charge >= 0.3 is 0 Å². The van der Waals surface area contributed by atoms with Crippen LogP contribution in [0.25, 0.3) is 0 Å². The molecule has 2 aliphatic heterocycles. The Kier molecular flexibility index (Phi) is 7.40. The number of anilines is 1. The zero-order valence-electron chi connectivity index (χ0n) is 23.1. The summed E-state index contributed by atoms with van der Waals surface area (Å²) < 4.78 is 2.56. The van der Waals surface area contributed by atoms with E-state index in [1.807, 2.05) is 0 Å². The van der Waals surface area contributed by atoms with Crippen LogP contribution >= 0.6 is 0 Å². The molecular weight excluding hydrogens is 424 g/mol. The standard InChI is InChI=1S/C33H45N2/c1-8-11-22-34-28-17-14-13-16-26(28)32(4,5)30(34)18-15-19-31-33(6,7)27-21-20-25(10-3)24-29(27)35(31)23-12-9-2/h13-21,24H,8-12,22-23H2,1-7H3/q+1. The quantitative estimate of drug-likeness (QED) is 0.334. The summed E-state index contributed by atoms with van der Waals surface area (Å²) in [6, 6.07) is 16.1. The monoisotopic (exact) mass is 469 g/mol. The second kappa shape index (κ2) is 10.2. The fourth-order valence-electron chi connectivity index (χ4n) is 5.94. The molecule has 0 amide bonds. The molecule has 0 N–H and O–H groups in total. The van der Waals surface area contributed by atoms with Crippen molar-refractivity contribution in [3.63, 3.8) is 0 Å². The lowest BCUT2D eigenvalue weighted by atomic mass is 9.81. The second-order valence-corrected chi connectivity index (χ2v) is 11.3. The Labute approximate surface area is 214 Å². The molecule has 2 aromatic rings. The SMILES string of the molecule is CCCCN1C(=CC=CC2=[N+](CCCC)c3ccccc3C2(C)C)C(C)(C)c2ccc(CC)cc21. The number of rotatable bonds is 9. The highest BCUT2D eigenvalue weighted by Gasteiger charge is 2.44. The molecule has 0 bridgehead atoms. The van der Waals surface area contributed by atoms with Gasteiger partial charge in [-0.25, -0.2) is 0 Å². The predicted octanol–water partition coefficient (Wildman–Crippen LogP) is 8.46. The molecule has 35 heavy (non-hydrogen) atoms. The Morgan fingerprint density at radius 2 is 1.60 bits per heavy atom. The summed E-state index contributed by atoms with van der Waals surface area (Å²) >= 11 is 0. The maximum absolute atomic E-state index is 2.59. The van der Waals surface area contributed by atoms with Gasteiger partial charge < -0.3 is 4.90 Å². The highest BCUT2D eigenvalue weighted by molar-refractivity contribution is 6.03. The molecule has 2 nitrogen and oxygen atoms in total. The third-order valence-electron chi connectivity index (χ3n) is 8.14. The first-order chi connectivity index (χ1) is 16.8. The maximum Gasteiger partial charge on any atom is 0.209 e. The number of hydrogen-bond acceptors (Lipinski definition) is 1. The minimum absolute atomic E-state index is 0.000405. The van der Waals surface area contributed by atoms with Crippen LogP contribution in [0.2, 0.25) is 0 Å². The first-order valence-electron chi connectivity index (χ1n) is 13.8. The van der Waals surface area contributed by atoms with Crippen LogP contribution in [0.5, 0.6) is 0 Å². The molecule has 0 fully saturated rings. The van der Waals surface area contributed by atoms with Gasteiger partial charge in [-0.1, -0.05) is 83.9 Å². The van der Waals surface area contributed by atoms with E-state index in [9.17, 15) is 0 Å². The fraction of sp³-hybridized carbons (Fsp3) is 0.485. The van der Waals surface area contributed by atoms with Gasteiger partial charge in [0.2, 0.25) is 5.69 Å². The van der Waals surface area contributed by atoms with Gasteiger partial charge in [0.1, 0.15) is 6.54 Å². The van der Waals surface area contributed by atoms with Crippen LogP contribution < -0.4 is 4.90 Å². The van der Waals surface area contributed by atoms with Crippen molar-refractivity contribution in [1.29, 1.82) is 0 Å². The van der Waals surface area contributed by atoms with Crippen LogP contribution in [0.1, 0.15) is 90.8 Å². The molecule has 0 aliphatic carbocycles. The van der Waals surface area contributed by atoms with Gasteiger partial charge in [-0.2, -0.15) is 4.58 Å². The molecule has 2 aromatic carbocycles. The van der Waals surface area contributed by atoms with Crippen LogP contribution in [0.15, 0.2) is 66.4 Å². The number of para-hydroxylation sites is 1. The van der Waals surface area contributed by atoms with Crippen molar-refractivity contribution in [3.05, 3.63) is 83.1 Å². The minimum Gasteiger partial charge on any atom is -0.344 e. The molecule has 4 rings (SSSR count). The van der Waals surface area contributed by atoms with Crippen LogP contribution in [0.3, 0.4) is 0 Å². The lowest BCUT2D eigenvalue weighted by Crippen LogP contribution is -2.28. The smallest absolute Gasteiger partial charge is 0.209 e. The van der Waals surface area contributed by atoms with Gasteiger partial charge in [0.05, 0.1) is 5.41 Å². The van der Waals surface area contributed by atoms with Gasteiger partial charge in [0.15, 0.2) is 5.71 Å². The van der Waals surface area contributed by atoms with E-state index in [0.29, 0.717) is 0 Å². The molecule has 2 heteroatoms. The summed E-state index contributed by atoms with van der Waals surface area (Å²) in [5.41, 5.74) is 9.93. The Balaban J connectivity index is 1.75. The highest BCUT2D eigenvalue weighted by Crippen LogP contribution is 2.48. The molecule has 0 radical (unpaired) electrons. The molecule has 0 spiro atoms. The molecule has 0 unspecified atom stereocenters. The van der Waals surface area contributed by atoms with E-state index in [1.165, 1.54) is 65.2 Å². The van der Waals surface area contributed by atoms with E-state index in [4.69, 9.17) is 0 Å². The first-order valence-corrected chi connectivity index (χ1v) is 13.8. The van der Waals surface area contributed by atoms with Crippen molar-refractivity contribution in [2.75, 3.05) is 18.0 Å². The van der Waals surface area contributed by atoms with E-state index >= 15 is 0 Å². The molecular formula is C33H45N2+. The lowest BCUT2D eigenvalue weighted by molar-refractivity contribution is -0.438. The maximum atomic E-state index is 2.59. The van der Waals surface area contributed by atoms with E-state index < -0.39 is 0 Å². The first kappa shape index (κ1) is 25.5. The van der Waals surface area contributed by atoms with Crippen molar-refractivity contribution in [2.24, 2.45) is 0 Å². The van der Waals surface area contributed by atoms with Gasteiger partial charge in [-0.3, -0.25) is 0 Å². The van der Waals surface area contributed by atoms with Gasteiger partial charge in [-0.15, -0.1) is 0 Å². The third kappa shape index (κ3) is 4.53. The van der Waals surface area contributed by atoms with Crippen molar-refractivity contribution in [1.82, 2.24) is 0 Å². The third-order valence-corrected chi connectivity index (χ3v) is 8.14. The van der Waals surface area contributed by atoms with Crippen molar-refractivity contribution in [3.8, 4) is 0 Å². The molecule has 0 saturated carbocycles. The van der Waals surface area contributed by atoms with Gasteiger partial charge in [0, 0.05) is 47.5 Å². The predicted molar refractivity (Wildman–Crippen MR) is 152 cm³/mol. The van der Waals surface area contributed by atoms with Crippen LogP contribution in [-0.2, 0) is 17.3 Å². The van der Waals surface area contributed by atoms with Crippen molar-refractivity contribution >= 4 is 17.1 Å². The summed E-state index contributed by atoms with van der Waals surface area (Å²) in [5, 5.41) is 0. The summed E-state index contributed by atoms with van der Waals surface area (Å²) in [5.74, 6) is 0. The Morgan fingerprint density at radius 1 is 0.857 bits per heavy atom. The summed E-state index contributed by atoms with van der Waals surface area (Å²) in [6.07, 6.45) is 13.0. The largest absolute Gasteiger partial charge is 0.344 e. The van der Waals surface area contributed by atoms with E-state index in [1.54, 1.807) is 0 Å². The number of benzene rings is 2. The Morgan fingerprint density at radius 3 is 2.31 bits per heavy atom. The molecule has 186 valence electrons. The fourth-order valence-corrected chi connectivity index (χ4v) is 5.94. The van der Waals surface area contributed by atoms with E-state index in [-0.39, 0.29) is 10.8 Å². The number of hydrogen-bond donors (Lipinski definition) is 0. The number of nitrogens with zero attached hydrogens (tertiary/aromatic N) is 2. The highest BCUT2D eigenvalue weighted by atomic mass is 15.2. The molecule has 0 aromatic heterocycles. The number of allylic oxidation sites excluding steroid dienone is 4. The summed E-state index contributed by atoms with van der Waals surface area (Å²) in [7, 11) is 0. The number of fused-ring (bicyclic) bond motifs is 2. The minimum atomic E-state index is 0.000405. The van der Waals surface area contributed by atoms with Crippen molar-refractivity contribution < 1.29 is 4.58 Å². The van der Waals surface area contributed by atoms with Crippen molar-refractivity contribution in [2.45, 2.75) is 91.4 Å². The molecule has 2 aliphatic rings. The van der Waals surface area contributed by atoms with Crippen LogP contribution in [0, 0.1) is 0 Å². The van der Waals surface area contributed by atoms with Gasteiger partial charge in [0.25, 0.3) is 0 Å². The normalized spacial score (nSPS) is 19.2. The Hall–Kier alpha value is -2.61.